The molecule has 3 heterocycles. The van der Waals surface area contributed by atoms with Crippen molar-refractivity contribution in [1.82, 2.24) is 24.6 Å². The van der Waals surface area contributed by atoms with Gasteiger partial charge >= 0.3 is 0 Å². The fourth-order valence-corrected chi connectivity index (χ4v) is 2.92. The summed E-state index contributed by atoms with van der Waals surface area (Å²) < 4.78 is 6.83. The highest BCUT2D eigenvalue weighted by molar-refractivity contribution is 5.92. The summed E-state index contributed by atoms with van der Waals surface area (Å²) in [6.45, 7) is 6.72. The second kappa shape index (κ2) is 7.44. The molecule has 2 aromatic rings. The number of ether oxygens (including phenoxy) is 1. The van der Waals surface area contributed by atoms with Crippen molar-refractivity contribution in [3.63, 3.8) is 0 Å². The van der Waals surface area contributed by atoms with Gasteiger partial charge in [-0.25, -0.2) is 4.98 Å². The van der Waals surface area contributed by atoms with E-state index in [0.717, 1.165) is 38.3 Å². The topological polar surface area (TPSA) is 63.5 Å². The third-order valence-electron chi connectivity index (χ3n) is 4.31. The van der Waals surface area contributed by atoms with E-state index in [-0.39, 0.29) is 5.91 Å². The predicted octanol–water partition coefficient (Wildman–Crippen LogP) is 1.26. The van der Waals surface area contributed by atoms with Gasteiger partial charge in [0.05, 0.1) is 7.11 Å². The van der Waals surface area contributed by atoms with E-state index in [0.29, 0.717) is 18.1 Å². The van der Waals surface area contributed by atoms with Gasteiger partial charge in [0, 0.05) is 57.7 Å². The molecule has 1 amide bonds. The number of carbonyl (C=O) groups is 1. The van der Waals surface area contributed by atoms with Gasteiger partial charge in [-0.2, -0.15) is 5.10 Å². The molecule has 0 saturated carbocycles. The van der Waals surface area contributed by atoms with Gasteiger partial charge in [-0.1, -0.05) is 6.07 Å². The Balaban J connectivity index is 1.54. The van der Waals surface area contributed by atoms with Gasteiger partial charge in [0.2, 0.25) is 5.88 Å². The Morgan fingerprint density at radius 3 is 2.62 bits per heavy atom. The lowest BCUT2D eigenvalue weighted by Crippen LogP contribution is -2.48. The fourth-order valence-electron chi connectivity index (χ4n) is 2.92. The molecule has 3 rings (SSSR count). The van der Waals surface area contributed by atoms with Gasteiger partial charge in [-0.3, -0.25) is 14.4 Å². The number of aryl methyl sites for hydroxylation is 1. The van der Waals surface area contributed by atoms with Crippen molar-refractivity contribution in [3.8, 4) is 5.88 Å². The Labute approximate surface area is 141 Å². The largest absolute Gasteiger partial charge is 0.481 e. The number of hydrogen-bond acceptors (Lipinski definition) is 5. The summed E-state index contributed by atoms with van der Waals surface area (Å²) in [6.07, 6.45) is 3.53. The van der Waals surface area contributed by atoms with Crippen LogP contribution >= 0.6 is 0 Å². The molecule has 1 aliphatic rings. The molecule has 2 aromatic heterocycles. The molecule has 0 atom stereocenters. The van der Waals surface area contributed by atoms with Crippen LogP contribution in [0.1, 0.15) is 23.0 Å². The first kappa shape index (κ1) is 16.4. The normalized spacial score (nSPS) is 15.5. The van der Waals surface area contributed by atoms with E-state index in [4.69, 9.17) is 4.74 Å². The van der Waals surface area contributed by atoms with Crippen molar-refractivity contribution in [2.45, 2.75) is 20.0 Å². The number of rotatable bonds is 5. The summed E-state index contributed by atoms with van der Waals surface area (Å²) >= 11 is 0. The Bertz CT molecular complexity index is 675. The van der Waals surface area contributed by atoms with Crippen molar-refractivity contribution >= 4 is 5.91 Å². The van der Waals surface area contributed by atoms with Crippen molar-refractivity contribution in [2.24, 2.45) is 0 Å². The van der Waals surface area contributed by atoms with Crippen LogP contribution in [0.3, 0.4) is 0 Å². The molecule has 1 aliphatic heterocycles. The molecule has 24 heavy (non-hydrogen) atoms. The van der Waals surface area contributed by atoms with Crippen molar-refractivity contribution in [1.29, 1.82) is 0 Å². The second-order valence-electron chi connectivity index (χ2n) is 5.81. The maximum absolute atomic E-state index is 12.6. The van der Waals surface area contributed by atoms with Crippen molar-refractivity contribution in [3.05, 3.63) is 41.9 Å². The number of methoxy groups -OCH3 is 1. The third-order valence-corrected chi connectivity index (χ3v) is 4.31. The minimum absolute atomic E-state index is 0.0696. The molecule has 0 unspecified atom stereocenters. The van der Waals surface area contributed by atoms with Gasteiger partial charge in [-0.05, 0) is 18.6 Å². The first-order valence-electron chi connectivity index (χ1n) is 8.23. The number of pyridine rings is 1. The highest BCUT2D eigenvalue weighted by Crippen LogP contribution is 2.13. The molecule has 0 N–H and O–H groups in total. The maximum Gasteiger partial charge on any atom is 0.272 e. The first-order chi connectivity index (χ1) is 11.7. The zero-order chi connectivity index (χ0) is 16.9. The number of piperazine rings is 1. The molecule has 0 aliphatic carbocycles. The number of carbonyl (C=O) groups excluding carboxylic acids is 1. The van der Waals surface area contributed by atoms with E-state index in [9.17, 15) is 4.79 Å². The lowest BCUT2D eigenvalue weighted by atomic mass is 10.2. The van der Waals surface area contributed by atoms with Crippen LogP contribution in [0, 0.1) is 0 Å². The second-order valence-corrected chi connectivity index (χ2v) is 5.81. The molecule has 7 nitrogen and oxygen atoms in total. The average Bonchev–Trinajstić information content (AvgIpc) is 3.11. The SMILES string of the molecule is CCn1nccc1C(=O)N1CCN(Cc2ccc(OC)nc2)CC1. The van der Waals surface area contributed by atoms with Gasteiger partial charge in [0.25, 0.3) is 5.91 Å². The Hall–Kier alpha value is -2.41. The highest BCUT2D eigenvalue weighted by Gasteiger charge is 2.24. The number of nitrogens with zero attached hydrogens (tertiary/aromatic N) is 5. The summed E-state index contributed by atoms with van der Waals surface area (Å²) in [4.78, 5) is 21.1. The van der Waals surface area contributed by atoms with Crippen molar-refractivity contribution < 1.29 is 9.53 Å². The van der Waals surface area contributed by atoms with E-state index in [1.165, 1.54) is 0 Å². The van der Waals surface area contributed by atoms with E-state index in [1.807, 2.05) is 30.2 Å². The molecule has 0 spiro atoms. The first-order valence-corrected chi connectivity index (χ1v) is 8.23. The van der Waals surface area contributed by atoms with E-state index >= 15 is 0 Å². The average molecular weight is 329 g/mol. The minimum Gasteiger partial charge on any atom is -0.481 e. The van der Waals surface area contributed by atoms with Crippen LogP contribution in [0.25, 0.3) is 0 Å². The lowest BCUT2D eigenvalue weighted by molar-refractivity contribution is 0.0616. The Kier molecular flexibility index (Phi) is 5.10. The van der Waals surface area contributed by atoms with Gasteiger partial charge < -0.3 is 9.64 Å². The van der Waals surface area contributed by atoms with Crippen LogP contribution in [0.4, 0.5) is 0 Å². The van der Waals surface area contributed by atoms with Crippen LogP contribution in [0.15, 0.2) is 30.6 Å². The minimum atomic E-state index is 0.0696. The van der Waals surface area contributed by atoms with Crippen LogP contribution in [-0.2, 0) is 13.1 Å². The van der Waals surface area contributed by atoms with Crippen LogP contribution < -0.4 is 4.74 Å². The molecule has 0 radical (unpaired) electrons. The summed E-state index contributed by atoms with van der Waals surface area (Å²) in [7, 11) is 1.61. The van der Waals surface area contributed by atoms with Crippen LogP contribution in [0.5, 0.6) is 5.88 Å². The molecule has 7 heteroatoms. The summed E-state index contributed by atoms with van der Waals surface area (Å²) in [5.74, 6) is 0.696. The molecule has 0 bridgehead atoms. The number of amides is 1. The maximum atomic E-state index is 12.6. The summed E-state index contributed by atoms with van der Waals surface area (Å²) in [6, 6.07) is 5.70. The zero-order valence-corrected chi connectivity index (χ0v) is 14.2. The molecular weight excluding hydrogens is 306 g/mol. The summed E-state index contributed by atoms with van der Waals surface area (Å²) in [5.41, 5.74) is 1.82. The number of aromatic nitrogens is 3. The van der Waals surface area contributed by atoms with Gasteiger partial charge in [0.15, 0.2) is 0 Å². The van der Waals surface area contributed by atoms with Gasteiger partial charge in [-0.15, -0.1) is 0 Å². The Morgan fingerprint density at radius 2 is 2.00 bits per heavy atom. The Morgan fingerprint density at radius 1 is 1.21 bits per heavy atom. The molecule has 1 saturated heterocycles. The quantitative estimate of drug-likeness (QED) is 0.826. The predicted molar refractivity (Wildman–Crippen MR) is 89.9 cm³/mol. The number of hydrogen-bond donors (Lipinski definition) is 0. The molecule has 1 fully saturated rings. The zero-order valence-electron chi connectivity index (χ0n) is 14.2. The van der Waals surface area contributed by atoms with Crippen LogP contribution in [0.2, 0.25) is 0 Å². The van der Waals surface area contributed by atoms with Gasteiger partial charge in [0.1, 0.15) is 5.69 Å². The van der Waals surface area contributed by atoms with E-state index < -0.39 is 0 Å². The van der Waals surface area contributed by atoms with E-state index in [2.05, 4.69) is 15.0 Å². The fraction of sp³-hybridized carbons (Fsp3) is 0.471. The third kappa shape index (κ3) is 3.56. The molecule has 128 valence electrons. The van der Waals surface area contributed by atoms with Crippen LogP contribution in [-0.4, -0.2) is 63.8 Å². The summed E-state index contributed by atoms with van der Waals surface area (Å²) in [5, 5.41) is 4.18. The lowest BCUT2D eigenvalue weighted by Gasteiger charge is -2.34. The standard InChI is InChI=1S/C17H23N5O2/c1-3-22-15(6-7-19-22)17(23)21-10-8-20(9-11-21)13-14-4-5-16(24-2)18-12-14/h4-7,12H,3,8-11,13H2,1-2H3. The van der Waals surface area contributed by atoms with E-state index in [1.54, 1.807) is 24.1 Å². The molecular formula is C17H23N5O2. The monoisotopic (exact) mass is 329 g/mol. The highest BCUT2D eigenvalue weighted by atomic mass is 16.5. The van der Waals surface area contributed by atoms with Crippen molar-refractivity contribution in [2.75, 3.05) is 33.3 Å². The molecule has 0 aromatic carbocycles. The smallest absolute Gasteiger partial charge is 0.272 e.